The molecule has 0 aliphatic carbocycles. The van der Waals surface area contributed by atoms with E-state index in [0.717, 1.165) is 16.7 Å². The van der Waals surface area contributed by atoms with E-state index < -0.39 is 0 Å². The summed E-state index contributed by atoms with van der Waals surface area (Å²) >= 11 is 3.36. The molecule has 3 aromatic rings. The molecule has 2 N–H and O–H groups in total. The monoisotopic (exact) mass is 332 g/mol. The molecular weight excluding hydrogens is 320 g/mol. The van der Waals surface area contributed by atoms with Crippen LogP contribution in [0.5, 0.6) is 0 Å². The van der Waals surface area contributed by atoms with Crippen LogP contribution in [0.2, 0.25) is 0 Å². The van der Waals surface area contributed by atoms with Crippen LogP contribution in [-0.2, 0) is 0 Å². The fraction of sp³-hybridized carbons (Fsp3) is 0.133. The van der Waals surface area contributed by atoms with Crippen LogP contribution in [0.4, 0.5) is 5.88 Å². The number of nitrogens with two attached hydrogens (primary N) is 1. The van der Waals surface area contributed by atoms with Crippen molar-refractivity contribution >= 4 is 21.8 Å². The van der Waals surface area contributed by atoms with Crippen molar-refractivity contribution in [2.75, 3.05) is 5.73 Å². The highest BCUT2D eigenvalue weighted by Gasteiger charge is 2.20. The predicted octanol–water partition coefficient (Wildman–Crippen LogP) is 4.56. The third-order valence-electron chi connectivity index (χ3n) is 3.39. The summed E-state index contributed by atoms with van der Waals surface area (Å²) in [4.78, 5) is 0. The Labute approximate surface area is 124 Å². The Kier molecular flexibility index (Phi) is 3.14. The van der Waals surface area contributed by atoms with E-state index in [2.05, 4.69) is 47.1 Å². The molecule has 0 atom stereocenters. The summed E-state index contributed by atoms with van der Waals surface area (Å²) in [7, 11) is 0. The second kappa shape index (κ2) is 4.83. The fourth-order valence-electron chi connectivity index (χ4n) is 2.13. The maximum absolute atomic E-state index is 5.94. The van der Waals surface area contributed by atoms with E-state index >= 15 is 0 Å². The van der Waals surface area contributed by atoms with Gasteiger partial charge in [0.1, 0.15) is 5.69 Å². The zero-order valence-electron chi connectivity index (χ0n) is 11.1. The summed E-state index contributed by atoms with van der Waals surface area (Å²) in [5.41, 5.74) is 11.6. The number of anilines is 1. The molecule has 2 heterocycles. The minimum absolute atomic E-state index is 0.302. The molecule has 0 aliphatic heterocycles. The van der Waals surface area contributed by atoms with Gasteiger partial charge in [-0.05, 0) is 52.5 Å². The number of furan rings is 1. The molecule has 0 spiro atoms. The van der Waals surface area contributed by atoms with E-state index in [-0.39, 0.29) is 0 Å². The average molecular weight is 333 g/mol. The van der Waals surface area contributed by atoms with Gasteiger partial charge in [0.15, 0.2) is 4.67 Å². The Hall–Kier alpha value is -2.01. The summed E-state index contributed by atoms with van der Waals surface area (Å²) in [5.74, 6) is 0.302. The van der Waals surface area contributed by atoms with Crippen LogP contribution in [-0.4, -0.2) is 5.16 Å². The molecule has 4 nitrogen and oxygen atoms in total. The van der Waals surface area contributed by atoms with Gasteiger partial charge in [-0.2, -0.15) is 0 Å². The molecule has 0 unspecified atom stereocenters. The van der Waals surface area contributed by atoms with E-state index in [1.165, 1.54) is 11.1 Å². The van der Waals surface area contributed by atoms with E-state index in [9.17, 15) is 0 Å². The molecule has 1 aromatic carbocycles. The standard InChI is InChI=1S/C15H13BrN2O2/c1-8-3-4-10(7-9(8)2)12-13(18-20-15(12)17)11-5-6-19-14(11)16/h3-7H,17H2,1-2H3. The lowest BCUT2D eigenvalue weighted by Gasteiger charge is -2.05. The van der Waals surface area contributed by atoms with Gasteiger partial charge in [0, 0.05) is 0 Å². The second-order valence-corrected chi connectivity index (χ2v) is 5.40. The van der Waals surface area contributed by atoms with Crippen molar-refractivity contribution < 1.29 is 8.94 Å². The summed E-state index contributed by atoms with van der Waals surface area (Å²) in [5, 5.41) is 4.06. The number of aromatic nitrogens is 1. The normalized spacial score (nSPS) is 10.9. The second-order valence-electron chi connectivity index (χ2n) is 4.68. The third-order valence-corrected chi connectivity index (χ3v) is 4.00. The summed E-state index contributed by atoms with van der Waals surface area (Å²) < 4.78 is 11.0. The van der Waals surface area contributed by atoms with Crippen LogP contribution >= 0.6 is 15.9 Å². The Balaban J connectivity index is 2.21. The molecule has 2 aromatic heterocycles. The number of benzene rings is 1. The van der Waals surface area contributed by atoms with E-state index in [0.29, 0.717) is 16.2 Å². The van der Waals surface area contributed by atoms with E-state index in [4.69, 9.17) is 14.7 Å². The molecular formula is C15H13BrN2O2. The fourth-order valence-corrected chi connectivity index (χ4v) is 2.55. The minimum Gasteiger partial charge on any atom is -0.457 e. The first kappa shape index (κ1) is 13.0. The molecule has 3 rings (SSSR count). The molecule has 0 radical (unpaired) electrons. The molecule has 0 bridgehead atoms. The van der Waals surface area contributed by atoms with Gasteiger partial charge in [0.25, 0.3) is 0 Å². The van der Waals surface area contributed by atoms with Gasteiger partial charge in [-0.25, -0.2) is 0 Å². The molecule has 0 fully saturated rings. The van der Waals surface area contributed by atoms with E-state index in [1.54, 1.807) is 6.26 Å². The first-order valence-electron chi connectivity index (χ1n) is 6.14. The maximum atomic E-state index is 5.94. The van der Waals surface area contributed by atoms with Gasteiger partial charge in [-0.1, -0.05) is 23.4 Å². The topological polar surface area (TPSA) is 65.2 Å². The number of rotatable bonds is 2. The van der Waals surface area contributed by atoms with Crippen LogP contribution in [0.25, 0.3) is 22.4 Å². The molecule has 0 aliphatic rings. The van der Waals surface area contributed by atoms with Crippen molar-refractivity contribution in [1.29, 1.82) is 0 Å². The number of halogens is 1. The third kappa shape index (κ3) is 2.04. The summed E-state index contributed by atoms with van der Waals surface area (Å²) in [6, 6.07) is 7.98. The Morgan fingerprint density at radius 2 is 1.95 bits per heavy atom. The molecule has 5 heteroatoms. The number of nitrogens with zero attached hydrogens (tertiary/aromatic N) is 1. The van der Waals surface area contributed by atoms with E-state index in [1.807, 2.05) is 12.1 Å². The van der Waals surface area contributed by atoms with Crippen molar-refractivity contribution in [3.05, 3.63) is 46.3 Å². The van der Waals surface area contributed by atoms with Gasteiger partial charge in [-0.3, -0.25) is 0 Å². The summed E-state index contributed by atoms with van der Waals surface area (Å²) in [6.07, 6.45) is 1.59. The van der Waals surface area contributed by atoms with Crippen molar-refractivity contribution in [2.24, 2.45) is 0 Å². The minimum atomic E-state index is 0.302. The van der Waals surface area contributed by atoms with Crippen LogP contribution in [0.1, 0.15) is 11.1 Å². The van der Waals surface area contributed by atoms with Crippen molar-refractivity contribution in [3.63, 3.8) is 0 Å². The first-order valence-corrected chi connectivity index (χ1v) is 6.93. The first-order chi connectivity index (χ1) is 9.58. The van der Waals surface area contributed by atoms with Crippen molar-refractivity contribution in [2.45, 2.75) is 13.8 Å². The molecule has 0 saturated carbocycles. The lowest BCUT2D eigenvalue weighted by Crippen LogP contribution is -1.89. The Morgan fingerprint density at radius 3 is 2.60 bits per heavy atom. The van der Waals surface area contributed by atoms with Gasteiger partial charge in [-0.15, -0.1) is 0 Å². The molecule has 20 heavy (non-hydrogen) atoms. The van der Waals surface area contributed by atoms with Gasteiger partial charge >= 0.3 is 0 Å². The highest BCUT2D eigenvalue weighted by Crippen LogP contribution is 2.39. The van der Waals surface area contributed by atoms with Crippen LogP contribution in [0.3, 0.4) is 0 Å². The lowest BCUT2D eigenvalue weighted by atomic mass is 9.98. The zero-order valence-corrected chi connectivity index (χ0v) is 12.7. The SMILES string of the molecule is Cc1ccc(-c2c(-c3ccoc3Br)noc2N)cc1C. The number of aryl methyl sites for hydroxylation is 2. The predicted molar refractivity (Wildman–Crippen MR) is 81.2 cm³/mol. The van der Waals surface area contributed by atoms with Gasteiger partial charge < -0.3 is 14.7 Å². The Bertz CT molecular complexity index is 774. The van der Waals surface area contributed by atoms with Crippen LogP contribution in [0.15, 0.2) is 44.1 Å². The zero-order chi connectivity index (χ0) is 14.3. The highest BCUT2D eigenvalue weighted by molar-refractivity contribution is 9.10. The summed E-state index contributed by atoms with van der Waals surface area (Å²) in [6.45, 7) is 4.14. The maximum Gasteiger partial charge on any atom is 0.230 e. The Morgan fingerprint density at radius 1 is 1.15 bits per heavy atom. The number of nitrogen functional groups attached to an aromatic ring is 1. The number of hydrogen-bond donors (Lipinski definition) is 1. The molecule has 0 saturated heterocycles. The molecule has 0 amide bonds. The molecule has 102 valence electrons. The largest absolute Gasteiger partial charge is 0.457 e. The van der Waals surface area contributed by atoms with Gasteiger partial charge in [0.05, 0.1) is 17.4 Å². The van der Waals surface area contributed by atoms with Crippen LogP contribution in [0, 0.1) is 13.8 Å². The average Bonchev–Trinajstić information content (AvgIpc) is 2.99. The van der Waals surface area contributed by atoms with Crippen molar-refractivity contribution in [1.82, 2.24) is 5.16 Å². The smallest absolute Gasteiger partial charge is 0.230 e. The lowest BCUT2D eigenvalue weighted by molar-refractivity contribution is 0.439. The van der Waals surface area contributed by atoms with Crippen molar-refractivity contribution in [3.8, 4) is 22.4 Å². The highest BCUT2D eigenvalue weighted by atomic mass is 79.9. The van der Waals surface area contributed by atoms with Gasteiger partial charge in [0.2, 0.25) is 5.88 Å². The quantitative estimate of drug-likeness (QED) is 0.746. The van der Waals surface area contributed by atoms with Crippen LogP contribution < -0.4 is 5.73 Å². The number of hydrogen-bond acceptors (Lipinski definition) is 4.